The zero-order valence-corrected chi connectivity index (χ0v) is 24.5. The molecule has 3 aliphatic heterocycles. The van der Waals surface area contributed by atoms with Crippen molar-refractivity contribution in [2.24, 2.45) is 0 Å². The van der Waals surface area contributed by atoms with Crippen LogP contribution in [0.2, 0.25) is 5.02 Å². The van der Waals surface area contributed by atoms with Crippen molar-refractivity contribution in [3.63, 3.8) is 0 Å². The summed E-state index contributed by atoms with van der Waals surface area (Å²) >= 11 is 7.41. The van der Waals surface area contributed by atoms with Gasteiger partial charge in [-0.25, -0.2) is 8.42 Å². The Labute approximate surface area is 234 Å². The SMILES string of the molecule is Cc1c(S(=O)(=O)N2CCOC[C@H]2COCC(=O)N2CCN(C3CCN(C)CC3)CC2)sc2ccc(Cl)cc12. The van der Waals surface area contributed by atoms with Gasteiger partial charge in [0, 0.05) is 48.5 Å². The minimum Gasteiger partial charge on any atom is -0.378 e. The van der Waals surface area contributed by atoms with Crippen molar-refractivity contribution in [3.8, 4) is 0 Å². The van der Waals surface area contributed by atoms with Gasteiger partial charge in [0.25, 0.3) is 10.0 Å². The average molecular weight is 585 g/mol. The smallest absolute Gasteiger partial charge is 0.253 e. The van der Waals surface area contributed by atoms with Gasteiger partial charge in [0.2, 0.25) is 5.91 Å². The monoisotopic (exact) mass is 584 g/mol. The zero-order valence-electron chi connectivity index (χ0n) is 22.1. The molecule has 0 aliphatic carbocycles. The normalized spacial score (nSPS) is 23.3. The Kier molecular flexibility index (Phi) is 8.95. The van der Waals surface area contributed by atoms with Gasteiger partial charge in [-0.3, -0.25) is 9.69 Å². The Hall–Kier alpha value is -1.31. The van der Waals surface area contributed by atoms with E-state index in [1.54, 1.807) is 12.1 Å². The number of rotatable bonds is 7. The standard InChI is InChI=1S/C26H37ClN4O5S2/c1-19-23-15-20(27)3-4-24(23)37-26(19)38(33,34)31-13-14-35-16-22(31)17-36-18-25(32)30-11-9-29(10-12-30)21-5-7-28(2)8-6-21/h3-4,15,21-22H,5-14,16-18H2,1-2H3/t22-/m0/s1. The van der Waals surface area contributed by atoms with E-state index in [2.05, 4.69) is 16.8 Å². The number of likely N-dealkylation sites (tertiary alicyclic amines) is 1. The Bertz CT molecular complexity index is 1240. The largest absolute Gasteiger partial charge is 0.378 e. The number of piperidine rings is 1. The summed E-state index contributed by atoms with van der Waals surface area (Å²) in [7, 11) is -1.59. The van der Waals surface area contributed by atoms with E-state index in [0.717, 1.165) is 36.3 Å². The van der Waals surface area contributed by atoms with Crippen LogP contribution in [0.25, 0.3) is 10.1 Å². The summed E-state index contributed by atoms with van der Waals surface area (Å²) in [5.41, 5.74) is 0.702. The van der Waals surface area contributed by atoms with Gasteiger partial charge in [-0.15, -0.1) is 11.3 Å². The minimum absolute atomic E-state index is 0.0450. The van der Waals surface area contributed by atoms with E-state index in [1.165, 1.54) is 28.5 Å². The van der Waals surface area contributed by atoms with Crippen LogP contribution in [0.1, 0.15) is 18.4 Å². The summed E-state index contributed by atoms with van der Waals surface area (Å²) in [5, 5.41) is 1.43. The van der Waals surface area contributed by atoms with Gasteiger partial charge in [-0.2, -0.15) is 4.31 Å². The van der Waals surface area contributed by atoms with E-state index >= 15 is 0 Å². The molecule has 38 heavy (non-hydrogen) atoms. The molecule has 3 saturated heterocycles. The molecular formula is C26H37ClN4O5S2. The maximum absolute atomic E-state index is 13.7. The number of hydrogen-bond acceptors (Lipinski definition) is 8. The van der Waals surface area contributed by atoms with Gasteiger partial charge in [0.15, 0.2) is 0 Å². The number of ether oxygens (including phenoxy) is 2. The van der Waals surface area contributed by atoms with Crippen molar-refractivity contribution in [1.29, 1.82) is 0 Å². The number of amides is 1. The Morgan fingerprint density at radius 1 is 1.13 bits per heavy atom. The molecule has 0 bridgehead atoms. The maximum Gasteiger partial charge on any atom is 0.253 e. The van der Waals surface area contributed by atoms with Crippen LogP contribution in [-0.4, -0.2) is 125 Å². The molecule has 1 aromatic heterocycles. The summed E-state index contributed by atoms with van der Waals surface area (Å²) in [6, 6.07) is 5.55. The number of halogens is 1. The van der Waals surface area contributed by atoms with Crippen molar-refractivity contribution in [3.05, 3.63) is 28.8 Å². The Morgan fingerprint density at radius 3 is 2.61 bits per heavy atom. The van der Waals surface area contributed by atoms with Gasteiger partial charge >= 0.3 is 0 Å². The molecule has 3 fully saturated rings. The second-order valence-electron chi connectivity index (χ2n) is 10.5. The maximum atomic E-state index is 13.7. The topological polar surface area (TPSA) is 82.6 Å². The number of aryl methyl sites for hydroxylation is 1. The lowest BCUT2D eigenvalue weighted by atomic mass is 10.0. The molecule has 0 saturated carbocycles. The van der Waals surface area contributed by atoms with E-state index in [-0.39, 0.29) is 32.3 Å². The van der Waals surface area contributed by atoms with E-state index in [1.807, 2.05) is 17.9 Å². The third kappa shape index (κ3) is 6.05. The average Bonchev–Trinajstić information content (AvgIpc) is 3.25. The first-order valence-corrected chi connectivity index (χ1v) is 15.9. The Balaban J connectivity index is 1.15. The van der Waals surface area contributed by atoms with Crippen LogP contribution in [0.5, 0.6) is 0 Å². The lowest BCUT2D eigenvalue weighted by Crippen LogP contribution is -2.54. The first-order valence-electron chi connectivity index (χ1n) is 13.3. The molecule has 1 atom stereocenters. The lowest BCUT2D eigenvalue weighted by molar-refractivity contribution is -0.139. The van der Waals surface area contributed by atoms with E-state index in [0.29, 0.717) is 40.5 Å². The molecular weight excluding hydrogens is 548 g/mol. The summed E-state index contributed by atoms with van der Waals surface area (Å²) < 4.78 is 41.5. The molecule has 1 amide bonds. The summed E-state index contributed by atoms with van der Waals surface area (Å²) in [6.07, 6.45) is 2.37. The van der Waals surface area contributed by atoms with E-state index < -0.39 is 16.1 Å². The van der Waals surface area contributed by atoms with Crippen molar-refractivity contribution in [1.82, 2.24) is 19.0 Å². The fourth-order valence-corrected chi connectivity index (χ4v) is 9.29. The highest BCUT2D eigenvalue weighted by atomic mass is 35.5. The molecule has 9 nitrogen and oxygen atoms in total. The number of thiophene rings is 1. The van der Waals surface area contributed by atoms with Crippen molar-refractivity contribution in [2.45, 2.75) is 36.1 Å². The number of nitrogens with zero attached hydrogens (tertiary/aromatic N) is 4. The highest BCUT2D eigenvalue weighted by molar-refractivity contribution is 7.91. The number of piperazine rings is 1. The second kappa shape index (κ2) is 12.1. The number of fused-ring (bicyclic) bond motifs is 1. The van der Waals surface area contributed by atoms with Gasteiger partial charge in [0.1, 0.15) is 10.8 Å². The number of sulfonamides is 1. The Morgan fingerprint density at radius 2 is 1.87 bits per heavy atom. The minimum atomic E-state index is -3.76. The third-order valence-corrected chi connectivity index (χ3v) is 12.0. The molecule has 5 rings (SSSR count). The number of carbonyl (C=O) groups excluding carboxylic acids is 1. The van der Waals surface area contributed by atoms with Crippen LogP contribution in [0.3, 0.4) is 0 Å². The molecule has 0 spiro atoms. The van der Waals surface area contributed by atoms with Gasteiger partial charge in [-0.05, 0) is 69.1 Å². The summed E-state index contributed by atoms with van der Waals surface area (Å²) in [5.74, 6) is -0.0450. The highest BCUT2D eigenvalue weighted by Gasteiger charge is 2.37. The number of benzene rings is 1. The van der Waals surface area contributed by atoms with Gasteiger partial charge in [-0.1, -0.05) is 11.6 Å². The fourth-order valence-electron chi connectivity index (χ4n) is 5.68. The van der Waals surface area contributed by atoms with Crippen LogP contribution < -0.4 is 0 Å². The number of hydrogen-bond donors (Lipinski definition) is 0. The predicted molar refractivity (Wildman–Crippen MR) is 150 cm³/mol. The van der Waals surface area contributed by atoms with Gasteiger partial charge in [0.05, 0.1) is 25.9 Å². The third-order valence-electron chi connectivity index (χ3n) is 7.98. The number of morpholine rings is 1. The van der Waals surface area contributed by atoms with Crippen LogP contribution in [0, 0.1) is 6.92 Å². The highest BCUT2D eigenvalue weighted by Crippen LogP contribution is 2.37. The molecule has 0 unspecified atom stereocenters. The first kappa shape index (κ1) is 28.2. The van der Waals surface area contributed by atoms with Crippen molar-refractivity contribution in [2.75, 3.05) is 79.3 Å². The molecule has 210 valence electrons. The molecule has 4 heterocycles. The van der Waals surface area contributed by atoms with Crippen LogP contribution >= 0.6 is 22.9 Å². The van der Waals surface area contributed by atoms with Crippen molar-refractivity contribution >= 4 is 49.0 Å². The van der Waals surface area contributed by atoms with Crippen LogP contribution in [-0.2, 0) is 24.3 Å². The molecule has 0 N–H and O–H groups in total. The molecule has 12 heteroatoms. The summed E-state index contributed by atoms with van der Waals surface area (Å²) in [6.45, 7) is 8.13. The fraction of sp³-hybridized carbons (Fsp3) is 0.654. The van der Waals surface area contributed by atoms with E-state index in [4.69, 9.17) is 21.1 Å². The zero-order chi connectivity index (χ0) is 26.9. The molecule has 1 aromatic carbocycles. The molecule has 0 radical (unpaired) electrons. The lowest BCUT2D eigenvalue weighted by Gasteiger charge is -2.42. The van der Waals surface area contributed by atoms with Crippen LogP contribution in [0.4, 0.5) is 0 Å². The predicted octanol–water partition coefficient (Wildman–Crippen LogP) is 2.51. The van der Waals surface area contributed by atoms with Crippen molar-refractivity contribution < 1.29 is 22.7 Å². The number of carbonyl (C=O) groups is 1. The summed E-state index contributed by atoms with van der Waals surface area (Å²) in [4.78, 5) is 19.6. The van der Waals surface area contributed by atoms with Gasteiger partial charge < -0.3 is 19.3 Å². The van der Waals surface area contributed by atoms with Crippen LogP contribution in [0.15, 0.2) is 22.4 Å². The van der Waals surface area contributed by atoms with E-state index in [9.17, 15) is 13.2 Å². The first-order chi connectivity index (χ1) is 18.2. The molecule has 3 aliphatic rings. The second-order valence-corrected chi connectivity index (χ2v) is 14.0. The quantitative estimate of drug-likeness (QED) is 0.494. The molecule has 2 aromatic rings.